The van der Waals surface area contributed by atoms with E-state index in [4.69, 9.17) is 21.1 Å². The van der Waals surface area contributed by atoms with Crippen molar-refractivity contribution in [3.05, 3.63) is 53.8 Å². The summed E-state index contributed by atoms with van der Waals surface area (Å²) in [6.07, 6.45) is 3.43. The summed E-state index contributed by atoms with van der Waals surface area (Å²) in [5, 5.41) is 9.65. The van der Waals surface area contributed by atoms with Crippen molar-refractivity contribution in [2.45, 2.75) is 23.9 Å². The lowest BCUT2D eigenvalue weighted by Gasteiger charge is -2.21. The van der Waals surface area contributed by atoms with Gasteiger partial charge in [-0.3, -0.25) is 14.3 Å². The molecule has 1 amide bonds. The summed E-state index contributed by atoms with van der Waals surface area (Å²) >= 11 is 7.26. The van der Waals surface area contributed by atoms with Gasteiger partial charge in [-0.25, -0.2) is 0 Å². The van der Waals surface area contributed by atoms with E-state index in [9.17, 15) is 4.79 Å². The Morgan fingerprint density at radius 2 is 1.88 bits per heavy atom. The van der Waals surface area contributed by atoms with Gasteiger partial charge in [0.05, 0.1) is 24.9 Å². The predicted octanol–water partition coefficient (Wildman–Crippen LogP) is 3.66. The molecule has 2 aromatic heterocycles. The van der Waals surface area contributed by atoms with Crippen LogP contribution in [0.3, 0.4) is 0 Å². The Balaban J connectivity index is 1.61. The molecule has 0 fully saturated rings. The molecule has 1 unspecified atom stereocenters. The molecule has 0 aliphatic carbocycles. The quantitative estimate of drug-likeness (QED) is 0.391. The van der Waals surface area contributed by atoms with Gasteiger partial charge in [0.15, 0.2) is 11.0 Å². The van der Waals surface area contributed by atoms with Crippen LogP contribution in [-0.2, 0) is 16.1 Å². The normalized spacial score (nSPS) is 11.9. The molecule has 0 saturated heterocycles. The maximum Gasteiger partial charge on any atom is 0.235 e. The van der Waals surface area contributed by atoms with Crippen LogP contribution in [0.25, 0.3) is 11.4 Å². The lowest BCUT2D eigenvalue weighted by Crippen LogP contribution is -2.36. The summed E-state index contributed by atoms with van der Waals surface area (Å²) in [4.78, 5) is 18.6. The summed E-state index contributed by atoms with van der Waals surface area (Å²) in [6, 6.07) is 10.9. The van der Waals surface area contributed by atoms with Gasteiger partial charge in [-0.15, -0.1) is 10.2 Å². The van der Waals surface area contributed by atoms with Gasteiger partial charge < -0.3 is 14.4 Å². The molecule has 3 aromatic rings. The Bertz CT molecular complexity index is 1000. The van der Waals surface area contributed by atoms with Crippen molar-refractivity contribution < 1.29 is 14.3 Å². The molecule has 1 aromatic carbocycles. The second kappa shape index (κ2) is 11.8. The van der Waals surface area contributed by atoms with Crippen molar-refractivity contribution in [3.63, 3.8) is 0 Å². The maximum absolute atomic E-state index is 12.9. The first-order valence-corrected chi connectivity index (χ1v) is 11.4. The highest BCUT2D eigenvalue weighted by atomic mass is 35.5. The predicted molar refractivity (Wildman–Crippen MR) is 125 cm³/mol. The highest BCUT2D eigenvalue weighted by Crippen LogP contribution is 2.27. The molecule has 0 spiro atoms. The van der Waals surface area contributed by atoms with Crippen molar-refractivity contribution in [2.24, 2.45) is 0 Å². The van der Waals surface area contributed by atoms with Gasteiger partial charge in [0.2, 0.25) is 5.91 Å². The highest BCUT2D eigenvalue weighted by Gasteiger charge is 2.23. The largest absolute Gasteiger partial charge is 0.492 e. The summed E-state index contributed by atoms with van der Waals surface area (Å²) in [5.74, 6) is 1.42. The zero-order valence-corrected chi connectivity index (χ0v) is 19.8. The second-order valence-corrected chi connectivity index (χ2v) is 8.75. The van der Waals surface area contributed by atoms with Crippen LogP contribution in [0.2, 0.25) is 5.02 Å². The fourth-order valence-corrected chi connectivity index (χ4v) is 4.05. The van der Waals surface area contributed by atoms with E-state index in [0.717, 1.165) is 11.4 Å². The van der Waals surface area contributed by atoms with E-state index in [2.05, 4.69) is 15.2 Å². The molecule has 32 heavy (non-hydrogen) atoms. The second-order valence-electron chi connectivity index (χ2n) is 7.01. The topological polar surface area (TPSA) is 82.4 Å². The Morgan fingerprint density at radius 3 is 2.56 bits per heavy atom. The first-order chi connectivity index (χ1) is 15.5. The van der Waals surface area contributed by atoms with Crippen LogP contribution in [0.1, 0.15) is 6.92 Å². The van der Waals surface area contributed by atoms with Gasteiger partial charge in [-0.05, 0) is 43.3 Å². The third-order valence-corrected chi connectivity index (χ3v) is 6.01. The average Bonchev–Trinajstić information content (AvgIpc) is 3.21. The van der Waals surface area contributed by atoms with Gasteiger partial charge in [0.1, 0.15) is 12.4 Å². The van der Waals surface area contributed by atoms with Crippen molar-refractivity contribution >= 4 is 29.3 Å². The van der Waals surface area contributed by atoms with Gasteiger partial charge >= 0.3 is 0 Å². The monoisotopic (exact) mass is 475 g/mol. The van der Waals surface area contributed by atoms with Gasteiger partial charge in [0, 0.05) is 37.1 Å². The van der Waals surface area contributed by atoms with Gasteiger partial charge in [0.25, 0.3) is 0 Å². The number of carbonyl (C=O) groups is 1. The number of likely N-dealkylation sites (N-methyl/N-ethyl adjacent to an activating group) is 1. The number of methoxy groups -OCH3 is 1. The third-order valence-electron chi connectivity index (χ3n) is 4.69. The van der Waals surface area contributed by atoms with Crippen LogP contribution < -0.4 is 4.74 Å². The zero-order chi connectivity index (χ0) is 22.9. The summed E-state index contributed by atoms with van der Waals surface area (Å²) in [5.41, 5.74) is 0.908. The van der Waals surface area contributed by atoms with Crippen LogP contribution in [0.15, 0.2) is 53.9 Å². The molecule has 0 bridgehead atoms. The number of thioether (sulfide) groups is 1. The van der Waals surface area contributed by atoms with Crippen molar-refractivity contribution in [2.75, 3.05) is 33.9 Å². The van der Waals surface area contributed by atoms with Crippen LogP contribution >= 0.6 is 23.4 Å². The lowest BCUT2D eigenvalue weighted by atomic mass is 10.2. The SMILES string of the molecule is COCCn1c(SC(C)C(=O)N(C)CCOc2ccc(Cl)cc2)nnc1-c1ccncc1. The molecule has 10 heteroatoms. The number of benzene rings is 1. The third kappa shape index (κ3) is 6.44. The van der Waals surface area contributed by atoms with E-state index >= 15 is 0 Å². The minimum absolute atomic E-state index is 0.0125. The first-order valence-electron chi connectivity index (χ1n) is 10.1. The fraction of sp³-hybridized carbons (Fsp3) is 0.364. The highest BCUT2D eigenvalue weighted by molar-refractivity contribution is 8.00. The standard InChI is InChI=1S/C22H26ClN5O3S/c1-16(21(29)27(2)12-15-31-19-6-4-18(23)5-7-19)32-22-26-25-20(28(22)13-14-30-3)17-8-10-24-11-9-17/h4-11,16H,12-15H2,1-3H3. The van der Waals surface area contributed by atoms with Crippen LogP contribution in [0.4, 0.5) is 0 Å². The molecule has 0 radical (unpaired) electrons. The van der Waals surface area contributed by atoms with Crippen LogP contribution in [0, 0.1) is 0 Å². The molecule has 0 saturated carbocycles. The number of hydrogen-bond acceptors (Lipinski definition) is 7. The van der Waals surface area contributed by atoms with E-state index in [1.165, 1.54) is 11.8 Å². The number of hydrogen-bond donors (Lipinski definition) is 0. The molecule has 2 heterocycles. The Morgan fingerprint density at radius 1 is 1.16 bits per heavy atom. The summed E-state index contributed by atoms with van der Waals surface area (Å²) in [7, 11) is 3.42. The Kier molecular flexibility index (Phi) is 8.90. The molecule has 0 N–H and O–H groups in total. The van der Waals surface area contributed by atoms with Crippen molar-refractivity contribution in [3.8, 4) is 17.1 Å². The number of rotatable bonds is 11. The van der Waals surface area contributed by atoms with E-state index in [1.54, 1.807) is 55.7 Å². The first kappa shape index (κ1) is 24.0. The molecule has 0 aliphatic heterocycles. The Labute approximate surface area is 196 Å². The molecular weight excluding hydrogens is 450 g/mol. The Hall–Kier alpha value is -2.62. The zero-order valence-electron chi connectivity index (χ0n) is 18.3. The summed E-state index contributed by atoms with van der Waals surface area (Å²) in [6.45, 7) is 3.80. The minimum Gasteiger partial charge on any atom is -0.492 e. The molecule has 170 valence electrons. The van der Waals surface area contributed by atoms with Gasteiger partial charge in [-0.1, -0.05) is 23.4 Å². The average molecular weight is 476 g/mol. The van der Waals surface area contributed by atoms with E-state index in [-0.39, 0.29) is 11.2 Å². The van der Waals surface area contributed by atoms with Crippen molar-refractivity contribution in [1.82, 2.24) is 24.6 Å². The molecular formula is C22H26ClN5O3S. The van der Waals surface area contributed by atoms with E-state index in [0.29, 0.717) is 42.2 Å². The number of amides is 1. The maximum atomic E-state index is 12.9. The number of halogens is 1. The number of ether oxygens (including phenoxy) is 2. The molecule has 1 atom stereocenters. The van der Waals surface area contributed by atoms with E-state index in [1.807, 2.05) is 23.6 Å². The van der Waals surface area contributed by atoms with Crippen LogP contribution in [-0.4, -0.2) is 69.7 Å². The van der Waals surface area contributed by atoms with E-state index < -0.39 is 0 Å². The molecule has 0 aliphatic rings. The molecule has 8 nitrogen and oxygen atoms in total. The number of pyridine rings is 1. The summed E-state index contributed by atoms with van der Waals surface area (Å²) < 4.78 is 12.9. The molecule has 3 rings (SSSR count). The number of aromatic nitrogens is 4. The van der Waals surface area contributed by atoms with Gasteiger partial charge in [-0.2, -0.15) is 0 Å². The van der Waals surface area contributed by atoms with Crippen molar-refractivity contribution in [1.29, 1.82) is 0 Å². The number of nitrogens with zero attached hydrogens (tertiary/aromatic N) is 5. The fourth-order valence-electron chi connectivity index (χ4n) is 2.93. The lowest BCUT2D eigenvalue weighted by molar-refractivity contribution is -0.129. The minimum atomic E-state index is -0.341. The van der Waals surface area contributed by atoms with Crippen LogP contribution in [0.5, 0.6) is 5.75 Å². The number of carbonyl (C=O) groups excluding carboxylic acids is 1. The smallest absolute Gasteiger partial charge is 0.235 e.